The molecule has 2 aromatic carbocycles. The maximum absolute atomic E-state index is 12.7. The summed E-state index contributed by atoms with van der Waals surface area (Å²) in [5.74, 6) is -0.274. The number of amides is 1. The van der Waals surface area contributed by atoms with Crippen LogP contribution in [0.2, 0.25) is 10.0 Å². The lowest BCUT2D eigenvalue weighted by Crippen LogP contribution is -2.43. The maximum atomic E-state index is 12.7. The first-order chi connectivity index (χ1) is 14.3. The molecule has 162 valence electrons. The van der Waals surface area contributed by atoms with Crippen LogP contribution in [0, 0.1) is 0 Å². The third kappa shape index (κ3) is 5.44. The monoisotopic (exact) mass is 470 g/mol. The second-order valence-corrected chi connectivity index (χ2v) is 9.76. The third-order valence-corrected chi connectivity index (χ3v) is 7.72. The van der Waals surface area contributed by atoms with Crippen molar-refractivity contribution in [2.75, 3.05) is 50.0 Å². The van der Waals surface area contributed by atoms with Crippen molar-refractivity contribution in [1.82, 2.24) is 9.62 Å². The van der Waals surface area contributed by atoms with E-state index in [9.17, 15) is 13.2 Å². The number of rotatable bonds is 7. The number of benzene rings is 2. The fourth-order valence-electron chi connectivity index (χ4n) is 3.13. The van der Waals surface area contributed by atoms with Gasteiger partial charge in [0, 0.05) is 57.6 Å². The van der Waals surface area contributed by atoms with Crippen LogP contribution in [0.4, 0.5) is 11.4 Å². The van der Waals surface area contributed by atoms with Crippen molar-refractivity contribution in [3.63, 3.8) is 0 Å². The highest BCUT2D eigenvalue weighted by molar-refractivity contribution is 7.89. The third-order valence-electron chi connectivity index (χ3n) is 4.89. The molecule has 2 aromatic rings. The predicted octanol–water partition coefficient (Wildman–Crippen LogP) is 3.05. The summed E-state index contributed by atoms with van der Waals surface area (Å²) in [6.45, 7) is 3.81. The van der Waals surface area contributed by atoms with E-state index in [-0.39, 0.29) is 33.8 Å². The SMILES string of the molecule is CN(CCC(=O)Nc1ccc(N2CCNCC2)cc1)S(=O)(=O)c1cccc(Cl)c1Cl. The van der Waals surface area contributed by atoms with Crippen molar-refractivity contribution in [2.45, 2.75) is 11.3 Å². The molecule has 10 heteroatoms. The largest absolute Gasteiger partial charge is 0.369 e. The topological polar surface area (TPSA) is 81.8 Å². The average molecular weight is 471 g/mol. The first-order valence-corrected chi connectivity index (χ1v) is 11.7. The van der Waals surface area contributed by atoms with Crippen LogP contribution in [0.25, 0.3) is 0 Å². The lowest BCUT2D eigenvalue weighted by molar-refractivity contribution is -0.116. The Labute approximate surface area is 187 Å². The lowest BCUT2D eigenvalue weighted by atomic mass is 10.2. The van der Waals surface area contributed by atoms with Crippen molar-refractivity contribution in [2.24, 2.45) is 0 Å². The van der Waals surface area contributed by atoms with E-state index in [1.54, 1.807) is 0 Å². The number of halogens is 2. The van der Waals surface area contributed by atoms with Crippen molar-refractivity contribution in [3.05, 3.63) is 52.5 Å². The van der Waals surface area contributed by atoms with E-state index in [1.807, 2.05) is 24.3 Å². The highest BCUT2D eigenvalue weighted by atomic mass is 35.5. The Hall–Kier alpha value is -1.84. The van der Waals surface area contributed by atoms with Gasteiger partial charge in [0.25, 0.3) is 0 Å². The Balaban J connectivity index is 1.55. The van der Waals surface area contributed by atoms with Crippen LogP contribution in [0.3, 0.4) is 0 Å². The van der Waals surface area contributed by atoms with Gasteiger partial charge < -0.3 is 15.5 Å². The number of hydrogen-bond acceptors (Lipinski definition) is 5. The number of nitrogens with zero attached hydrogens (tertiary/aromatic N) is 2. The molecule has 0 spiro atoms. The van der Waals surface area contributed by atoms with Crippen LogP contribution in [0.15, 0.2) is 47.4 Å². The summed E-state index contributed by atoms with van der Waals surface area (Å²) in [5.41, 5.74) is 1.78. The average Bonchev–Trinajstić information content (AvgIpc) is 2.75. The van der Waals surface area contributed by atoms with Crippen LogP contribution in [0.5, 0.6) is 0 Å². The minimum Gasteiger partial charge on any atom is -0.369 e. The molecule has 0 radical (unpaired) electrons. The summed E-state index contributed by atoms with van der Waals surface area (Å²) in [5, 5.41) is 6.25. The van der Waals surface area contributed by atoms with Gasteiger partial charge in [0.1, 0.15) is 4.90 Å². The van der Waals surface area contributed by atoms with Gasteiger partial charge in [-0.15, -0.1) is 0 Å². The van der Waals surface area contributed by atoms with Gasteiger partial charge in [0.15, 0.2) is 0 Å². The Morgan fingerprint density at radius 1 is 1.13 bits per heavy atom. The highest BCUT2D eigenvalue weighted by Gasteiger charge is 2.25. The normalized spacial score (nSPS) is 14.7. The molecule has 0 aromatic heterocycles. The molecule has 30 heavy (non-hydrogen) atoms. The predicted molar refractivity (Wildman–Crippen MR) is 121 cm³/mol. The fraction of sp³-hybridized carbons (Fsp3) is 0.350. The molecular formula is C20H24Cl2N4O3S. The minimum absolute atomic E-state index is 0.00740. The van der Waals surface area contributed by atoms with E-state index < -0.39 is 10.0 Å². The Bertz CT molecular complexity index is 994. The summed E-state index contributed by atoms with van der Waals surface area (Å²) >= 11 is 12.0. The zero-order chi connectivity index (χ0) is 21.7. The van der Waals surface area contributed by atoms with Gasteiger partial charge in [0.05, 0.1) is 10.0 Å². The molecule has 1 heterocycles. The quantitative estimate of drug-likeness (QED) is 0.649. The minimum atomic E-state index is -3.85. The summed E-state index contributed by atoms with van der Waals surface area (Å²) in [7, 11) is -2.45. The molecule has 0 aliphatic carbocycles. The van der Waals surface area contributed by atoms with Crippen LogP contribution < -0.4 is 15.5 Å². The van der Waals surface area contributed by atoms with E-state index >= 15 is 0 Å². The van der Waals surface area contributed by atoms with Gasteiger partial charge >= 0.3 is 0 Å². The molecule has 7 nitrogen and oxygen atoms in total. The number of hydrogen-bond donors (Lipinski definition) is 2. The molecule has 0 atom stereocenters. The number of carbonyl (C=O) groups is 1. The molecule has 1 aliphatic rings. The number of carbonyl (C=O) groups excluding carboxylic acids is 1. The summed E-state index contributed by atoms with van der Waals surface area (Å²) < 4.78 is 26.5. The zero-order valence-electron chi connectivity index (χ0n) is 16.6. The second kappa shape index (κ2) is 9.98. The fourth-order valence-corrected chi connectivity index (χ4v) is 5.04. The molecular weight excluding hydrogens is 447 g/mol. The molecule has 0 saturated carbocycles. The van der Waals surface area contributed by atoms with E-state index in [1.165, 1.54) is 25.2 Å². The Kier molecular flexibility index (Phi) is 7.60. The number of anilines is 2. The summed E-state index contributed by atoms with van der Waals surface area (Å²) in [4.78, 5) is 14.5. The van der Waals surface area contributed by atoms with Crippen molar-refractivity contribution >= 4 is 50.5 Å². The van der Waals surface area contributed by atoms with Crippen LogP contribution in [-0.2, 0) is 14.8 Å². The standard InChI is InChI=1S/C20H24Cl2N4O3S/c1-25(30(28,29)18-4-2-3-17(21)20(18)22)12-9-19(27)24-15-5-7-16(8-6-15)26-13-10-23-11-14-26/h2-8,23H,9-14H2,1H3,(H,24,27). The summed E-state index contributed by atoms with van der Waals surface area (Å²) in [6.07, 6.45) is 0.00740. The molecule has 1 aliphatic heterocycles. The first-order valence-electron chi connectivity index (χ1n) is 9.55. The van der Waals surface area contributed by atoms with Crippen molar-refractivity contribution in [3.8, 4) is 0 Å². The van der Waals surface area contributed by atoms with Gasteiger partial charge in [-0.1, -0.05) is 29.3 Å². The van der Waals surface area contributed by atoms with Gasteiger partial charge in [-0.05, 0) is 36.4 Å². The van der Waals surface area contributed by atoms with Crippen LogP contribution in [0.1, 0.15) is 6.42 Å². The Morgan fingerprint density at radius 3 is 2.47 bits per heavy atom. The number of piperazine rings is 1. The molecule has 1 fully saturated rings. The Morgan fingerprint density at radius 2 is 1.80 bits per heavy atom. The molecule has 1 saturated heterocycles. The van der Waals surface area contributed by atoms with E-state index in [4.69, 9.17) is 23.2 Å². The highest BCUT2D eigenvalue weighted by Crippen LogP contribution is 2.30. The molecule has 0 bridgehead atoms. The van der Waals surface area contributed by atoms with Crippen LogP contribution >= 0.6 is 23.2 Å². The number of nitrogens with one attached hydrogen (secondary N) is 2. The van der Waals surface area contributed by atoms with Gasteiger partial charge in [-0.25, -0.2) is 12.7 Å². The molecule has 0 unspecified atom stereocenters. The first kappa shape index (κ1) is 22.8. The summed E-state index contributed by atoms with van der Waals surface area (Å²) in [6, 6.07) is 12.1. The van der Waals surface area contributed by atoms with Crippen molar-refractivity contribution in [1.29, 1.82) is 0 Å². The van der Waals surface area contributed by atoms with Gasteiger partial charge in [-0.2, -0.15) is 0 Å². The maximum Gasteiger partial charge on any atom is 0.244 e. The number of sulfonamides is 1. The van der Waals surface area contributed by atoms with Gasteiger partial charge in [0.2, 0.25) is 15.9 Å². The lowest BCUT2D eigenvalue weighted by Gasteiger charge is -2.29. The molecule has 1 amide bonds. The smallest absolute Gasteiger partial charge is 0.244 e. The molecule has 3 rings (SSSR count). The van der Waals surface area contributed by atoms with Gasteiger partial charge in [-0.3, -0.25) is 4.79 Å². The molecule has 2 N–H and O–H groups in total. The zero-order valence-corrected chi connectivity index (χ0v) is 18.9. The van der Waals surface area contributed by atoms with Crippen LogP contribution in [-0.4, -0.2) is 58.4 Å². The second-order valence-electron chi connectivity index (χ2n) is 6.96. The van der Waals surface area contributed by atoms with E-state index in [2.05, 4.69) is 15.5 Å². The van der Waals surface area contributed by atoms with E-state index in [0.29, 0.717) is 5.69 Å². The van der Waals surface area contributed by atoms with E-state index in [0.717, 1.165) is 36.2 Å². The van der Waals surface area contributed by atoms with Crippen molar-refractivity contribution < 1.29 is 13.2 Å².